The van der Waals surface area contributed by atoms with Crippen LogP contribution < -0.4 is 20.1 Å². The van der Waals surface area contributed by atoms with Gasteiger partial charge in [0.25, 0.3) is 0 Å². The molecule has 13 heteroatoms. The van der Waals surface area contributed by atoms with E-state index in [0.29, 0.717) is 132 Å². The van der Waals surface area contributed by atoms with Crippen molar-refractivity contribution in [2.45, 2.75) is 116 Å². The second-order valence-electron chi connectivity index (χ2n) is 20.1. The highest BCUT2D eigenvalue weighted by atomic mass is 28.4. The van der Waals surface area contributed by atoms with E-state index < -0.39 is 16.6 Å². The van der Waals surface area contributed by atoms with Crippen molar-refractivity contribution < 1.29 is 42.0 Å². The number of rotatable bonds is 38. The fourth-order valence-corrected chi connectivity index (χ4v) is 21.2. The molecule has 0 bridgehead atoms. The Morgan fingerprint density at radius 2 is 0.535 bits per heavy atom. The second kappa shape index (κ2) is 32.4. The van der Waals surface area contributed by atoms with Crippen LogP contribution in [0.1, 0.15) is 83.1 Å². The Balaban J connectivity index is 0.988. The van der Waals surface area contributed by atoms with Crippen LogP contribution in [-0.4, -0.2) is 122 Å². The number of benzene rings is 4. The molecule has 0 radical (unpaired) electrons. The SMILES string of the molecule is CC(C)[Si](OCCOCCOCCNc1ccc(-c2ccc(NCCOCCOc3ccc(-c4ccc(OCCOCCOCCO[Si](C(C)C)(C(C)C)C(C)C)cc4)cc3)cc2)cc1)(C(C)C)C(C)C. The highest BCUT2D eigenvalue weighted by Gasteiger charge is 2.45. The van der Waals surface area contributed by atoms with Gasteiger partial charge in [-0.1, -0.05) is 132 Å². The predicted octanol–water partition coefficient (Wildman–Crippen LogP) is 13.8. The van der Waals surface area contributed by atoms with Crippen molar-refractivity contribution in [2.75, 3.05) is 116 Å². The third-order valence-electron chi connectivity index (χ3n) is 13.6. The first-order chi connectivity index (χ1) is 34.2. The lowest BCUT2D eigenvalue weighted by atomic mass is 10.1. The first-order valence-electron chi connectivity index (χ1n) is 26.5. The summed E-state index contributed by atoms with van der Waals surface area (Å²) in [6.07, 6.45) is 0. The van der Waals surface area contributed by atoms with Crippen molar-refractivity contribution in [1.29, 1.82) is 0 Å². The molecule has 0 spiro atoms. The highest BCUT2D eigenvalue weighted by molar-refractivity contribution is 6.78. The Morgan fingerprint density at radius 3 is 0.817 bits per heavy atom. The van der Waals surface area contributed by atoms with E-state index in [1.165, 1.54) is 11.1 Å². The van der Waals surface area contributed by atoms with Crippen molar-refractivity contribution >= 4 is 28.0 Å². The molecule has 0 aliphatic rings. The average molecular weight is 1020 g/mol. The smallest absolute Gasteiger partial charge is 0.200 e. The molecule has 0 heterocycles. The number of ether oxygens (including phenoxy) is 7. The fraction of sp³-hybridized carbons (Fsp3) is 0.586. The van der Waals surface area contributed by atoms with Gasteiger partial charge in [-0.25, -0.2) is 0 Å². The Kier molecular flexibility index (Phi) is 27.3. The van der Waals surface area contributed by atoms with E-state index in [4.69, 9.17) is 42.0 Å². The fourth-order valence-electron chi connectivity index (χ4n) is 10.3. The Bertz CT molecular complexity index is 1790. The predicted molar refractivity (Wildman–Crippen MR) is 300 cm³/mol. The summed E-state index contributed by atoms with van der Waals surface area (Å²) in [6, 6.07) is 33.2. The third kappa shape index (κ3) is 19.5. The molecule has 0 fully saturated rings. The van der Waals surface area contributed by atoms with Crippen LogP contribution in [0.5, 0.6) is 11.5 Å². The number of hydrogen-bond donors (Lipinski definition) is 2. The molecule has 4 rings (SSSR count). The van der Waals surface area contributed by atoms with Crippen molar-refractivity contribution in [3.05, 3.63) is 97.1 Å². The lowest BCUT2D eigenvalue weighted by Gasteiger charge is -2.42. The van der Waals surface area contributed by atoms with Crippen molar-refractivity contribution in [3.63, 3.8) is 0 Å². The molecule has 0 saturated carbocycles. The van der Waals surface area contributed by atoms with Crippen LogP contribution in [0.2, 0.25) is 33.2 Å². The van der Waals surface area contributed by atoms with Gasteiger partial charge in [0.15, 0.2) is 16.6 Å². The zero-order chi connectivity index (χ0) is 51.5. The molecule has 11 nitrogen and oxygen atoms in total. The summed E-state index contributed by atoms with van der Waals surface area (Å²) < 4.78 is 53.9. The van der Waals surface area contributed by atoms with E-state index in [1.807, 2.05) is 24.3 Å². The molecular formula is C58H92N2O9Si2. The molecule has 0 aliphatic heterocycles. The molecule has 0 atom stereocenters. The lowest BCUT2D eigenvalue weighted by molar-refractivity contribution is 0.0256. The number of hydrogen-bond acceptors (Lipinski definition) is 11. The Labute approximate surface area is 431 Å². The van der Waals surface area contributed by atoms with Gasteiger partial charge in [0.1, 0.15) is 24.7 Å². The number of anilines is 2. The van der Waals surface area contributed by atoms with Crippen LogP contribution in [0, 0.1) is 0 Å². The van der Waals surface area contributed by atoms with Crippen LogP contribution in [0.4, 0.5) is 11.4 Å². The van der Waals surface area contributed by atoms with Crippen LogP contribution in [0.25, 0.3) is 22.3 Å². The summed E-state index contributed by atoms with van der Waals surface area (Å²) in [5.41, 5.74) is 10.1. The molecule has 71 heavy (non-hydrogen) atoms. The molecule has 0 unspecified atom stereocenters. The summed E-state index contributed by atoms with van der Waals surface area (Å²) in [5, 5.41) is 6.89. The molecule has 0 amide bonds. The van der Waals surface area contributed by atoms with Gasteiger partial charge in [0.05, 0.1) is 79.3 Å². The summed E-state index contributed by atoms with van der Waals surface area (Å²) in [7, 11) is -3.69. The minimum Gasteiger partial charge on any atom is -0.491 e. The number of nitrogens with one attached hydrogen (secondary N) is 2. The van der Waals surface area contributed by atoms with Gasteiger partial charge in [0, 0.05) is 24.5 Å². The standard InChI is InChI=1S/C58H92N2O9Si2/c1-45(2)70(46(3)4,47(5)6)68-43-39-64-34-33-61-31-29-59-55-21-13-51(14-22-55)52-15-23-56(24-16-52)60-30-32-62-37-41-66-57-25-17-53(18-26-57)54-19-27-58(28-20-54)67-42-38-63-35-36-65-40-44-69-71(48(7)8,49(9)10)50(11)12/h13-28,45-50,59-60H,29-44H2,1-12H3. The van der Waals surface area contributed by atoms with Gasteiger partial charge < -0.3 is 52.6 Å². The summed E-state index contributed by atoms with van der Waals surface area (Å²) in [6.45, 7) is 37.1. The van der Waals surface area contributed by atoms with Crippen LogP contribution >= 0.6 is 0 Å². The minimum atomic E-state index is -1.85. The van der Waals surface area contributed by atoms with E-state index in [0.717, 1.165) is 40.5 Å². The second-order valence-corrected chi connectivity index (χ2v) is 31.1. The van der Waals surface area contributed by atoms with Gasteiger partial charge >= 0.3 is 0 Å². The quantitative estimate of drug-likeness (QED) is 0.0331. The molecule has 396 valence electrons. The first-order valence-corrected chi connectivity index (χ1v) is 30.8. The average Bonchev–Trinajstić information content (AvgIpc) is 3.34. The van der Waals surface area contributed by atoms with E-state index in [1.54, 1.807) is 0 Å². The van der Waals surface area contributed by atoms with Crippen LogP contribution in [0.15, 0.2) is 97.1 Å². The third-order valence-corrected chi connectivity index (χ3v) is 25.8. The van der Waals surface area contributed by atoms with Crippen LogP contribution in [0.3, 0.4) is 0 Å². The largest absolute Gasteiger partial charge is 0.491 e. The summed E-state index contributed by atoms with van der Waals surface area (Å²) in [5.74, 6) is 1.63. The van der Waals surface area contributed by atoms with Gasteiger partial charge in [0.2, 0.25) is 0 Å². The Hall–Kier alpha value is -3.77. The van der Waals surface area contributed by atoms with Gasteiger partial charge in [-0.05, 0) is 104 Å². The Morgan fingerprint density at radius 1 is 0.296 bits per heavy atom. The molecule has 0 saturated heterocycles. The van der Waals surface area contributed by atoms with E-state index in [-0.39, 0.29) is 0 Å². The molecule has 0 aromatic heterocycles. The zero-order valence-electron chi connectivity index (χ0n) is 45.7. The van der Waals surface area contributed by atoms with Crippen molar-refractivity contribution in [2.24, 2.45) is 0 Å². The van der Waals surface area contributed by atoms with Crippen LogP contribution in [-0.2, 0) is 32.5 Å². The summed E-state index contributed by atoms with van der Waals surface area (Å²) >= 11 is 0. The minimum absolute atomic E-state index is 0.481. The maximum Gasteiger partial charge on any atom is 0.200 e. The maximum absolute atomic E-state index is 6.57. The van der Waals surface area contributed by atoms with E-state index >= 15 is 0 Å². The zero-order valence-corrected chi connectivity index (χ0v) is 47.7. The summed E-state index contributed by atoms with van der Waals surface area (Å²) in [4.78, 5) is 0. The monoisotopic (exact) mass is 1020 g/mol. The molecular weight excluding hydrogens is 925 g/mol. The highest BCUT2D eigenvalue weighted by Crippen LogP contribution is 2.43. The van der Waals surface area contributed by atoms with E-state index in [2.05, 4.69) is 167 Å². The molecule has 2 N–H and O–H groups in total. The van der Waals surface area contributed by atoms with Gasteiger partial charge in [-0.2, -0.15) is 0 Å². The maximum atomic E-state index is 6.57. The molecule has 4 aromatic rings. The van der Waals surface area contributed by atoms with Gasteiger partial charge in [-0.3, -0.25) is 0 Å². The van der Waals surface area contributed by atoms with Crippen molar-refractivity contribution in [3.8, 4) is 33.8 Å². The van der Waals surface area contributed by atoms with Gasteiger partial charge in [-0.15, -0.1) is 0 Å². The first kappa shape index (κ1) is 59.8. The topological polar surface area (TPSA) is 107 Å². The normalized spacial score (nSPS) is 12.3. The molecule has 0 aliphatic carbocycles. The lowest BCUT2D eigenvalue weighted by Crippen LogP contribution is -2.48. The van der Waals surface area contributed by atoms with Crippen molar-refractivity contribution in [1.82, 2.24) is 0 Å². The van der Waals surface area contributed by atoms with E-state index in [9.17, 15) is 0 Å². The molecule has 4 aromatic carbocycles.